The van der Waals surface area contributed by atoms with Gasteiger partial charge in [0.2, 0.25) is 5.54 Å². The van der Waals surface area contributed by atoms with E-state index in [0.29, 0.717) is 24.1 Å². The molecule has 0 spiro atoms. The third kappa shape index (κ3) is 3.37. The summed E-state index contributed by atoms with van der Waals surface area (Å²) in [5.41, 5.74) is 7.49. The Morgan fingerprint density at radius 3 is 2.19 bits per heavy atom. The molecule has 32 heavy (non-hydrogen) atoms. The maximum Gasteiger partial charge on any atom is 0.337 e. The van der Waals surface area contributed by atoms with Crippen LogP contribution in [-0.4, -0.2) is 47.1 Å². The van der Waals surface area contributed by atoms with E-state index in [0.717, 1.165) is 11.1 Å². The molecule has 0 radical (unpaired) electrons. The molecule has 3 unspecified atom stereocenters. The van der Waals surface area contributed by atoms with Crippen LogP contribution in [0.3, 0.4) is 0 Å². The highest BCUT2D eigenvalue weighted by Crippen LogP contribution is 2.45. The zero-order valence-corrected chi connectivity index (χ0v) is 18.3. The number of hydrogen-bond acceptors (Lipinski definition) is 6. The van der Waals surface area contributed by atoms with Crippen LogP contribution in [0.5, 0.6) is 0 Å². The van der Waals surface area contributed by atoms with Crippen LogP contribution >= 0.6 is 0 Å². The number of ether oxygens (including phenoxy) is 1. The molecule has 1 aliphatic heterocycles. The van der Waals surface area contributed by atoms with Crippen molar-refractivity contribution in [1.82, 2.24) is 0 Å². The van der Waals surface area contributed by atoms with E-state index in [1.54, 1.807) is 31.2 Å². The molecule has 0 aromatic heterocycles. The highest BCUT2D eigenvalue weighted by molar-refractivity contribution is 6.15. The second-order valence-corrected chi connectivity index (χ2v) is 8.63. The number of nitrogens with zero attached hydrogens (tertiary/aromatic N) is 1. The molecular formula is C25H28N2O5. The largest absolute Gasteiger partial charge is 0.479 e. The number of ketones is 1. The predicted molar refractivity (Wildman–Crippen MR) is 119 cm³/mol. The molecule has 2 aliphatic rings. The Balaban J connectivity index is 1.89. The second-order valence-electron chi connectivity index (χ2n) is 8.63. The molecule has 0 amide bonds. The minimum Gasteiger partial charge on any atom is -0.479 e. The standard InChI is InChI=1S/C25H28N2O5/c1-3-32-23(29)21(19-12-16-8-4-5-9-17(16)13-19)27-20-11-7-6-10-18(20)14-25(27,24(30)31)22(28)15(2)26/h4-11,15,19,21H,3,12-14,26H2,1-2H3,(H,30,31). The number of rotatable bonds is 7. The van der Waals surface area contributed by atoms with Gasteiger partial charge in [0, 0.05) is 12.1 Å². The molecule has 1 aliphatic carbocycles. The number of carbonyl (C=O) groups excluding carboxylic acids is 2. The Labute approximate surface area is 187 Å². The Kier molecular flexibility index (Phi) is 5.77. The second kappa shape index (κ2) is 8.39. The van der Waals surface area contributed by atoms with E-state index in [1.807, 2.05) is 24.3 Å². The molecule has 2 aromatic carbocycles. The summed E-state index contributed by atoms with van der Waals surface area (Å²) in [4.78, 5) is 41.1. The number of carboxylic acids is 1. The molecule has 1 heterocycles. The van der Waals surface area contributed by atoms with E-state index in [1.165, 1.54) is 11.8 Å². The molecule has 4 rings (SSSR count). The predicted octanol–water partition coefficient (Wildman–Crippen LogP) is 2.14. The molecule has 3 atom stereocenters. The van der Waals surface area contributed by atoms with Gasteiger partial charge in [-0.05, 0) is 55.4 Å². The van der Waals surface area contributed by atoms with Crippen molar-refractivity contribution in [3.8, 4) is 0 Å². The van der Waals surface area contributed by atoms with Crippen molar-refractivity contribution in [1.29, 1.82) is 0 Å². The van der Waals surface area contributed by atoms with Crippen LogP contribution in [0.15, 0.2) is 48.5 Å². The summed E-state index contributed by atoms with van der Waals surface area (Å²) in [6.07, 6.45) is 1.15. The van der Waals surface area contributed by atoms with Crippen LogP contribution in [0.2, 0.25) is 0 Å². The number of fused-ring (bicyclic) bond motifs is 2. The lowest BCUT2D eigenvalue weighted by atomic mass is 9.83. The lowest BCUT2D eigenvalue weighted by Crippen LogP contribution is -2.68. The van der Waals surface area contributed by atoms with Gasteiger partial charge in [-0.3, -0.25) is 4.79 Å². The fourth-order valence-electron chi connectivity index (χ4n) is 5.27. The summed E-state index contributed by atoms with van der Waals surface area (Å²) in [7, 11) is 0. The third-order valence-electron chi connectivity index (χ3n) is 6.62. The third-order valence-corrected chi connectivity index (χ3v) is 6.62. The van der Waals surface area contributed by atoms with Crippen molar-refractivity contribution in [2.45, 2.75) is 50.7 Å². The Bertz CT molecular complexity index is 1040. The van der Waals surface area contributed by atoms with E-state index in [2.05, 4.69) is 0 Å². The van der Waals surface area contributed by atoms with Crippen LogP contribution in [-0.2, 0) is 38.4 Å². The molecule has 3 N–H and O–H groups in total. The van der Waals surface area contributed by atoms with Crippen molar-refractivity contribution in [3.05, 3.63) is 65.2 Å². The van der Waals surface area contributed by atoms with Crippen LogP contribution < -0.4 is 10.6 Å². The summed E-state index contributed by atoms with van der Waals surface area (Å²) < 4.78 is 5.44. The van der Waals surface area contributed by atoms with Gasteiger partial charge in [0.05, 0.1) is 12.6 Å². The van der Waals surface area contributed by atoms with Crippen LogP contribution in [0, 0.1) is 5.92 Å². The number of para-hydroxylation sites is 1. The molecule has 2 aromatic rings. The van der Waals surface area contributed by atoms with Crippen LogP contribution in [0.25, 0.3) is 0 Å². The lowest BCUT2D eigenvalue weighted by molar-refractivity contribution is -0.151. The van der Waals surface area contributed by atoms with Crippen molar-refractivity contribution in [2.75, 3.05) is 11.5 Å². The molecule has 0 saturated heterocycles. The van der Waals surface area contributed by atoms with Gasteiger partial charge < -0.3 is 20.5 Å². The van der Waals surface area contributed by atoms with Gasteiger partial charge in [-0.25, -0.2) is 9.59 Å². The topological polar surface area (TPSA) is 110 Å². The SMILES string of the molecule is CCOC(=O)C(C1Cc2ccccc2C1)N1c2ccccc2CC1(C(=O)O)C(=O)C(C)N. The van der Waals surface area contributed by atoms with Gasteiger partial charge in [0.25, 0.3) is 0 Å². The number of Topliss-reactive ketones (excluding diaryl/α,β-unsaturated/α-hetero) is 1. The number of aliphatic carboxylic acids is 1. The van der Waals surface area contributed by atoms with Gasteiger partial charge in [0.1, 0.15) is 6.04 Å². The maximum atomic E-state index is 13.4. The van der Waals surface area contributed by atoms with Crippen molar-refractivity contribution >= 4 is 23.4 Å². The van der Waals surface area contributed by atoms with Crippen molar-refractivity contribution in [2.24, 2.45) is 11.7 Å². The number of carbonyl (C=O) groups is 3. The van der Waals surface area contributed by atoms with Crippen molar-refractivity contribution in [3.63, 3.8) is 0 Å². The fourth-order valence-corrected chi connectivity index (χ4v) is 5.27. The first kappa shape index (κ1) is 22.0. The zero-order valence-electron chi connectivity index (χ0n) is 18.3. The first-order valence-electron chi connectivity index (χ1n) is 10.9. The fraction of sp³-hybridized carbons (Fsp3) is 0.400. The molecule has 0 saturated carbocycles. The average molecular weight is 437 g/mol. The van der Waals surface area contributed by atoms with E-state index in [-0.39, 0.29) is 18.9 Å². The maximum absolute atomic E-state index is 13.4. The quantitative estimate of drug-likeness (QED) is 0.505. The van der Waals surface area contributed by atoms with Gasteiger partial charge in [-0.1, -0.05) is 42.5 Å². The van der Waals surface area contributed by atoms with Crippen LogP contribution in [0.1, 0.15) is 30.5 Å². The molecule has 0 bridgehead atoms. The smallest absolute Gasteiger partial charge is 0.337 e. The number of nitrogens with two attached hydrogens (primary N) is 1. The number of benzene rings is 2. The Morgan fingerprint density at radius 1 is 1.09 bits per heavy atom. The molecule has 0 fully saturated rings. The summed E-state index contributed by atoms with van der Waals surface area (Å²) in [6.45, 7) is 3.36. The number of esters is 1. The van der Waals surface area contributed by atoms with E-state index < -0.39 is 35.3 Å². The minimum atomic E-state index is -1.97. The average Bonchev–Trinajstić information content (AvgIpc) is 3.34. The summed E-state index contributed by atoms with van der Waals surface area (Å²) >= 11 is 0. The number of anilines is 1. The molecule has 168 valence electrons. The van der Waals surface area contributed by atoms with E-state index >= 15 is 0 Å². The lowest BCUT2D eigenvalue weighted by Gasteiger charge is -2.42. The molecule has 7 nitrogen and oxygen atoms in total. The van der Waals surface area contributed by atoms with Gasteiger partial charge >= 0.3 is 11.9 Å². The summed E-state index contributed by atoms with van der Waals surface area (Å²) in [6, 6.07) is 13.1. The van der Waals surface area contributed by atoms with Gasteiger partial charge in [0.15, 0.2) is 5.78 Å². The number of hydrogen-bond donors (Lipinski definition) is 2. The highest BCUT2D eigenvalue weighted by Gasteiger charge is 2.60. The Morgan fingerprint density at radius 2 is 1.66 bits per heavy atom. The summed E-state index contributed by atoms with van der Waals surface area (Å²) in [5.74, 6) is -2.69. The summed E-state index contributed by atoms with van der Waals surface area (Å²) in [5, 5.41) is 10.4. The van der Waals surface area contributed by atoms with E-state index in [9.17, 15) is 19.5 Å². The van der Waals surface area contributed by atoms with Gasteiger partial charge in [-0.2, -0.15) is 0 Å². The van der Waals surface area contributed by atoms with Gasteiger partial charge in [-0.15, -0.1) is 0 Å². The number of carboxylic acid groups (broad SMARTS) is 1. The molecule has 7 heteroatoms. The monoisotopic (exact) mass is 436 g/mol. The molecular weight excluding hydrogens is 408 g/mol. The minimum absolute atomic E-state index is 0.0472. The Hall–Kier alpha value is -3.19. The van der Waals surface area contributed by atoms with E-state index in [4.69, 9.17) is 10.5 Å². The van der Waals surface area contributed by atoms with Crippen LogP contribution in [0.4, 0.5) is 5.69 Å². The zero-order chi connectivity index (χ0) is 23.0. The first-order chi connectivity index (χ1) is 15.3. The normalized spacial score (nSPS) is 21.5. The highest BCUT2D eigenvalue weighted by atomic mass is 16.5. The first-order valence-corrected chi connectivity index (χ1v) is 10.9. The van der Waals surface area contributed by atoms with Crippen molar-refractivity contribution < 1.29 is 24.2 Å².